The SMILES string of the molecule is CC1CC(C)CN(CC(C)NC(=O)C2(n3cccn3)CCNCC2)C1. The Morgan fingerprint density at radius 2 is 2.00 bits per heavy atom. The summed E-state index contributed by atoms with van der Waals surface area (Å²) < 4.78 is 1.86. The molecule has 3 unspecified atom stereocenters. The first-order valence-electron chi connectivity index (χ1n) is 9.74. The third-order valence-corrected chi connectivity index (χ3v) is 5.65. The average Bonchev–Trinajstić information content (AvgIpc) is 3.09. The van der Waals surface area contributed by atoms with Crippen LogP contribution in [0.3, 0.4) is 0 Å². The molecule has 2 fully saturated rings. The molecule has 1 amide bonds. The molecule has 1 aromatic rings. The largest absolute Gasteiger partial charge is 0.350 e. The highest BCUT2D eigenvalue weighted by molar-refractivity contribution is 5.84. The van der Waals surface area contributed by atoms with Gasteiger partial charge in [-0.3, -0.25) is 9.48 Å². The number of nitrogens with zero attached hydrogens (tertiary/aromatic N) is 3. The van der Waals surface area contributed by atoms with Crippen molar-refractivity contribution in [1.82, 2.24) is 25.3 Å². The summed E-state index contributed by atoms with van der Waals surface area (Å²) in [7, 11) is 0. The Kier molecular flexibility index (Phi) is 5.79. The molecule has 0 aliphatic carbocycles. The number of hydrogen-bond acceptors (Lipinski definition) is 4. The second-order valence-electron chi connectivity index (χ2n) is 8.27. The van der Waals surface area contributed by atoms with Gasteiger partial charge in [-0.25, -0.2) is 0 Å². The standard InChI is InChI=1S/C19H33N5O/c1-15-11-16(2)13-23(12-15)14-17(3)22-18(25)19(5-8-20-9-6-19)24-10-4-7-21-24/h4,7,10,15-17,20H,5-6,8-9,11-14H2,1-3H3,(H,22,25). The summed E-state index contributed by atoms with van der Waals surface area (Å²) in [6.45, 7) is 11.7. The molecule has 25 heavy (non-hydrogen) atoms. The van der Waals surface area contributed by atoms with Crippen LogP contribution in [0, 0.1) is 11.8 Å². The van der Waals surface area contributed by atoms with Crippen molar-refractivity contribution >= 4 is 5.91 Å². The number of piperidine rings is 2. The number of nitrogens with one attached hydrogen (secondary N) is 2. The topological polar surface area (TPSA) is 62.2 Å². The van der Waals surface area contributed by atoms with Crippen molar-refractivity contribution in [2.75, 3.05) is 32.7 Å². The van der Waals surface area contributed by atoms with E-state index in [1.807, 2.05) is 16.9 Å². The summed E-state index contributed by atoms with van der Waals surface area (Å²) in [6, 6.07) is 2.05. The molecule has 0 spiro atoms. The van der Waals surface area contributed by atoms with Gasteiger partial charge < -0.3 is 15.5 Å². The van der Waals surface area contributed by atoms with E-state index in [4.69, 9.17) is 0 Å². The molecule has 6 nitrogen and oxygen atoms in total. The molecule has 3 atom stereocenters. The van der Waals surface area contributed by atoms with E-state index < -0.39 is 5.54 Å². The molecule has 2 N–H and O–H groups in total. The lowest BCUT2D eigenvalue weighted by Crippen LogP contribution is -2.57. The van der Waals surface area contributed by atoms with Gasteiger partial charge in [-0.05, 0) is 57.2 Å². The number of rotatable bonds is 5. The van der Waals surface area contributed by atoms with E-state index in [1.54, 1.807) is 6.20 Å². The Hall–Kier alpha value is -1.40. The predicted molar refractivity (Wildman–Crippen MR) is 99.3 cm³/mol. The second-order valence-corrected chi connectivity index (χ2v) is 8.27. The summed E-state index contributed by atoms with van der Waals surface area (Å²) in [5, 5.41) is 11.0. The molecule has 0 bridgehead atoms. The molecule has 2 saturated heterocycles. The number of hydrogen-bond donors (Lipinski definition) is 2. The van der Waals surface area contributed by atoms with E-state index in [9.17, 15) is 4.79 Å². The smallest absolute Gasteiger partial charge is 0.248 e. The minimum atomic E-state index is -0.550. The third-order valence-electron chi connectivity index (χ3n) is 5.65. The van der Waals surface area contributed by atoms with Crippen molar-refractivity contribution in [1.29, 1.82) is 0 Å². The molecule has 2 aliphatic rings. The molecule has 3 rings (SSSR count). The van der Waals surface area contributed by atoms with Gasteiger partial charge in [-0.15, -0.1) is 0 Å². The van der Waals surface area contributed by atoms with Crippen molar-refractivity contribution in [3.8, 4) is 0 Å². The molecule has 1 aromatic heterocycles. The van der Waals surface area contributed by atoms with Gasteiger partial charge >= 0.3 is 0 Å². The summed E-state index contributed by atoms with van der Waals surface area (Å²) in [5.74, 6) is 1.60. The summed E-state index contributed by atoms with van der Waals surface area (Å²) in [4.78, 5) is 15.7. The van der Waals surface area contributed by atoms with Crippen molar-refractivity contribution in [2.24, 2.45) is 11.8 Å². The van der Waals surface area contributed by atoms with Crippen LogP contribution in [0.25, 0.3) is 0 Å². The van der Waals surface area contributed by atoms with Crippen molar-refractivity contribution in [3.63, 3.8) is 0 Å². The van der Waals surface area contributed by atoms with Crippen molar-refractivity contribution < 1.29 is 4.79 Å². The highest BCUT2D eigenvalue weighted by Crippen LogP contribution is 2.27. The van der Waals surface area contributed by atoms with Crippen LogP contribution in [-0.4, -0.2) is 59.4 Å². The van der Waals surface area contributed by atoms with Crippen LogP contribution >= 0.6 is 0 Å². The molecule has 3 heterocycles. The molecule has 140 valence electrons. The summed E-state index contributed by atoms with van der Waals surface area (Å²) in [5.41, 5.74) is -0.550. The summed E-state index contributed by atoms with van der Waals surface area (Å²) >= 11 is 0. The van der Waals surface area contributed by atoms with Gasteiger partial charge in [0, 0.05) is 38.1 Å². The Labute approximate surface area is 151 Å². The van der Waals surface area contributed by atoms with E-state index in [-0.39, 0.29) is 11.9 Å². The minimum Gasteiger partial charge on any atom is -0.350 e. The van der Waals surface area contributed by atoms with Crippen LogP contribution < -0.4 is 10.6 Å². The maximum Gasteiger partial charge on any atom is 0.248 e. The van der Waals surface area contributed by atoms with Gasteiger partial charge in [-0.2, -0.15) is 5.10 Å². The van der Waals surface area contributed by atoms with E-state index in [0.29, 0.717) is 0 Å². The number of carbonyl (C=O) groups is 1. The molecule has 0 saturated carbocycles. The number of amides is 1. The van der Waals surface area contributed by atoms with Crippen LogP contribution in [0.2, 0.25) is 0 Å². The Morgan fingerprint density at radius 1 is 1.32 bits per heavy atom. The maximum atomic E-state index is 13.2. The zero-order valence-corrected chi connectivity index (χ0v) is 15.9. The molecule has 0 radical (unpaired) electrons. The summed E-state index contributed by atoms with van der Waals surface area (Å²) in [6.07, 6.45) is 6.56. The highest BCUT2D eigenvalue weighted by atomic mass is 16.2. The fourth-order valence-corrected chi connectivity index (χ4v) is 4.65. The highest BCUT2D eigenvalue weighted by Gasteiger charge is 2.42. The normalized spacial score (nSPS) is 28.4. The fraction of sp³-hybridized carbons (Fsp3) is 0.789. The first-order valence-corrected chi connectivity index (χ1v) is 9.74. The lowest BCUT2D eigenvalue weighted by atomic mass is 9.87. The van der Waals surface area contributed by atoms with Crippen LogP contribution in [0.4, 0.5) is 0 Å². The number of carbonyl (C=O) groups excluding carboxylic acids is 1. The quantitative estimate of drug-likeness (QED) is 0.846. The second kappa shape index (κ2) is 7.87. The lowest BCUT2D eigenvalue weighted by Gasteiger charge is -2.39. The van der Waals surface area contributed by atoms with Crippen LogP contribution in [0.1, 0.15) is 40.0 Å². The molecular formula is C19H33N5O. The molecular weight excluding hydrogens is 314 g/mol. The number of aromatic nitrogens is 2. The van der Waals surface area contributed by atoms with Crippen molar-refractivity contribution in [2.45, 2.75) is 51.6 Å². The Balaban J connectivity index is 1.63. The Bertz CT molecular complexity index is 542. The zero-order valence-electron chi connectivity index (χ0n) is 15.9. The molecule has 0 aromatic carbocycles. The first kappa shape index (κ1) is 18.4. The third kappa shape index (κ3) is 4.23. The van der Waals surface area contributed by atoms with Crippen LogP contribution in [0.15, 0.2) is 18.5 Å². The van der Waals surface area contributed by atoms with E-state index >= 15 is 0 Å². The first-order chi connectivity index (χ1) is 12.0. The van der Waals surface area contributed by atoms with Gasteiger partial charge in [0.25, 0.3) is 0 Å². The fourth-order valence-electron chi connectivity index (χ4n) is 4.65. The number of likely N-dealkylation sites (tertiary alicyclic amines) is 1. The zero-order chi connectivity index (χ0) is 17.9. The van der Waals surface area contributed by atoms with Gasteiger partial charge in [0.15, 0.2) is 0 Å². The van der Waals surface area contributed by atoms with Gasteiger partial charge in [0.1, 0.15) is 5.54 Å². The van der Waals surface area contributed by atoms with Crippen LogP contribution in [-0.2, 0) is 10.3 Å². The van der Waals surface area contributed by atoms with E-state index in [0.717, 1.165) is 57.4 Å². The van der Waals surface area contributed by atoms with Gasteiger partial charge in [0.05, 0.1) is 0 Å². The maximum absolute atomic E-state index is 13.2. The monoisotopic (exact) mass is 347 g/mol. The Morgan fingerprint density at radius 3 is 2.60 bits per heavy atom. The van der Waals surface area contributed by atoms with E-state index in [1.165, 1.54) is 6.42 Å². The molecule has 6 heteroatoms. The van der Waals surface area contributed by atoms with Gasteiger partial charge in [-0.1, -0.05) is 13.8 Å². The predicted octanol–water partition coefficient (Wildman–Crippen LogP) is 1.44. The van der Waals surface area contributed by atoms with Gasteiger partial charge in [0.2, 0.25) is 5.91 Å². The minimum absolute atomic E-state index is 0.114. The van der Waals surface area contributed by atoms with Crippen molar-refractivity contribution in [3.05, 3.63) is 18.5 Å². The average molecular weight is 348 g/mol. The van der Waals surface area contributed by atoms with Crippen LogP contribution in [0.5, 0.6) is 0 Å². The molecule has 2 aliphatic heterocycles. The lowest BCUT2D eigenvalue weighted by molar-refractivity contribution is -0.132. The van der Waals surface area contributed by atoms with E-state index in [2.05, 4.69) is 41.4 Å².